The van der Waals surface area contributed by atoms with Gasteiger partial charge in [0.1, 0.15) is 0 Å². The molecule has 2 aromatic carbocycles. The fourth-order valence-electron chi connectivity index (χ4n) is 2.31. The SMILES string of the molecule is CCOC(=O)COc1c(Br)cc(C=NN=C(N)SCc2ccccc2)cc1OCC. The molecular weight excluding hydrogens is 470 g/mol. The molecule has 2 aromatic rings. The Morgan fingerprint density at radius 1 is 1.17 bits per heavy atom. The Balaban J connectivity index is 2.04. The molecule has 0 fully saturated rings. The monoisotopic (exact) mass is 493 g/mol. The van der Waals surface area contributed by atoms with E-state index in [1.807, 2.05) is 37.3 Å². The van der Waals surface area contributed by atoms with Crippen LogP contribution in [-0.4, -0.2) is 37.2 Å². The highest BCUT2D eigenvalue weighted by Crippen LogP contribution is 2.36. The summed E-state index contributed by atoms with van der Waals surface area (Å²) < 4.78 is 16.7. The molecule has 0 saturated carbocycles. The molecule has 0 saturated heterocycles. The molecule has 0 spiro atoms. The first kappa shape index (κ1) is 23.8. The second-order valence-electron chi connectivity index (χ2n) is 5.81. The zero-order valence-corrected chi connectivity index (χ0v) is 19.2. The van der Waals surface area contributed by atoms with Crippen molar-refractivity contribution in [3.63, 3.8) is 0 Å². The summed E-state index contributed by atoms with van der Waals surface area (Å²) in [6.45, 7) is 4.12. The molecule has 0 bridgehead atoms. The van der Waals surface area contributed by atoms with Crippen LogP contribution in [0.3, 0.4) is 0 Å². The first-order valence-corrected chi connectivity index (χ1v) is 11.1. The number of carbonyl (C=O) groups excluding carboxylic acids is 1. The van der Waals surface area contributed by atoms with Crippen molar-refractivity contribution in [3.05, 3.63) is 58.1 Å². The van der Waals surface area contributed by atoms with Crippen LogP contribution in [-0.2, 0) is 15.3 Å². The molecule has 0 amide bonds. The second-order valence-corrected chi connectivity index (χ2v) is 7.66. The number of nitrogens with zero attached hydrogens (tertiary/aromatic N) is 2. The minimum absolute atomic E-state index is 0.209. The molecule has 0 heterocycles. The van der Waals surface area contributed by atoms with Crippen molar-refractivity contribution in [2.75, 3.05) is 19.8 Å². The minimum Gasteiger partial charge on any atom is -0.490 e. The summed E-state index contributed by atoms with van der Waals surface area (Å²) in [6.07, 6.45) is 1.57. The smallest absolute Gasteiger partial charge is 0.344 e. The number of rotatable bonds is 10. The second kappa shape index (κ2) is 12.9. The van der Waals surface area contributed by atoms with Gasteiger partial charge in [-0.25, -0.2) is 4.79 Å². The number of esters is 1. The van der Waals surface area contributed by atoms with Gasteiger partial charge in [-0.05, 0) is 53.0 Å². The van der Waals surface area contributed by atoms with E-state index in [1.165, 1.54) is 11.8 Å². The topological polar surface area (TPSA) is 95.5 Å². The number of carbonyl (C=O) groups is 1. The predicted octanol–water partition coefficient (Wildman–Crippen LogP) is 4.37. The van der Waals surface area contributed by atoms with Gasteiger partial charge in [0.15, 0.2) is 23.3 Å². The highest BCUT2D eigenvalue weighted by molar-refractivity contribution is 9.10. The molecule has 7 nitrogen and oxygen atoms in total. The van der Waals surface area contributed by atoms with Crippen LogP contribution in [0.2, 0.25) is 0 Å². The van der Waals surface area contributed by atoms with Gasteiger partial charge in [0.2, 0.25) is 0 Å². The Morgan fingerprint density at radius 3 is 2.63 bits per heavy atom. The average Bonchev–Trinajstić information content (AvgIpc) is 2.73. The van der Waals surface area contributed by atoms with E-state index < -0.39 is 5.97 Å². The minimum atomic E-state index is -0.449. The fraction of sp³-hybridized carbons (Fsp3) is 0.286. The van der Waals surface area contributed by atoms with Gasteiger partial charge in [-0.3, -0.25) is 0 Å². The molecule has 2 rings (SSSR count). The largest absolute Gasteiger partial charge is 0.490 e. The maximum atomic E-state index is 11.6. The van der Waals surface area contributed by atoms with Crippen molar-refractivity contribution in [1.82, 2.24) is 0 Å². The Hall–Kier alpha value is -2.52. The summed E-state index contributed by atoms with van der Waals surface area (Å²) in [5.41, 5.74) is 7.81. The van der Waals surface area contributed by atoms with Gasteiger partial charge in [-0.15, -0.1) is 5.10 Å². The first-order valence-electron chi connectivity index (χ1n) is 9.31. The highest BCUT2D eigenvalue weighted by Gasteiger charge is 2.14. The van der Waals surface area contributed by atoms with Crippen molar-refractivity contribution in [3.8, 4) is 11.5 Å². The van der Waals surface area contributed by atoms with Gasteiger partial charge >= 0.3 is 5.97 Å². The molecule has 0 aromatic heterocycles. The Bertz CT molecular complexity index is 891. The van der Waals surface area contributed by atoms with Crippen LogP contribution in [0.15, 0.2) is 57.1 Å². The number of halogens is 1. The van der Waals surface area contributed by atoms with E-state index in [0.29, 0.717) is 34.4 Å². The Labute approximate surface area is 188 Å². The summed E-state index contributed by atoms with van der Waals surface area (Å²) in [4.78, 5) is 11.6. The van der Waals surface area contributed by atoms with Crippen LogP contribution in [0.5, 0.6) is 11.5 Å². The van der Waals surface area contributed by atoms with Gasteiger partial charge in [-0.1, -0.05) is 42.1 Å². The van der Waals surface area contributed by atoms with Crippen LogP contribution in [0.4, 0.5) is 0 Å². The maximum Gasteiger partial charge on any atom is 0.344 e. The molecular formula is C21H24BrN3O4S. The van der Waals surface area contributed by atoms with E-state index in [9.17, 15) is 4.79 Å². The molecule has 0 aliphatic heterocycles. The summed E-state index contributed by atoms with van der Waals surface area (Å²) in [5.74, 6) is 1.17. The lowest BCUT2D eigenvalue weighted by molar-refractivity contribution is -0.145. The van der Waals surface area contributed by atoms with E-state index >= 15 is 0 Å². The number of thioether (sulfide) groups is 1. The van der Waals surface area contributed by atoms with Gasteiger partial charge in [0, 0.05) is 5.75 Å². The number of nitrogens with two attached hydrogens (primary N) is 1. The zero-order valence-electron chi connectivity index (χ0n) is 16.8. The summed E-state index contributed by atoms with van der Waals surface area (Å²) in [5, 5.41) is 8.44. The summed E-state index contributed by atoms with van der Waals surface area (Å²) in [7, 11) is 0. The van der Waals surface area contributed by atoms with Crippen LogP contribution < -0.4 is 15.2 Å². The number of ether oxygens (including phenoxy) is 3. The first-order chi connectivity index (χ1) is 14.5. The molecule has 160 valence electrons. The number of hydrogen-bond acceptors (Lipinski definition) is 7. The van der Waals surface area contributed by atoms with Gasteiger partial charge < -0.3 is 19.9 Å². The van der Waals surface area contributed by atoms with E-state index in [1.54, 1.807) is 25.3 Å². The third kappa shape index (κ3) is 8.08. The normalized spacial score (nSPS) is 11.5. The van der Waals surface area contributed by atoms with Crippen molar-refractivity contribution >= 4 is 45.0 Å². The Kier molecular flexibility index (Phi) is 10.2. The quantitative estimate of drug-likeness (QED) is 0.228. The van der Waals surface area contributed by atoms with Crippen molar-refractivity contribution < 1.29 is 19.0 Å². The van der Waals surface area contributed by atoms with Crippen LogP contribution in [0.25, 0.3) is 0 Å². The van der Waals surface area contributed by atoms with Crippen LogP contribution >= 0.6 is 27.7 Å². The Morgan fingerprint density at radius 2 is 1.93 bits per heavy atom. The van der Waals surface area contributed by atoms with E-state index in [0.717, 1.165) is 16.9 Å². The molecule has 9 heteroatoms. The molecule has 0 unspecified atom stereocenters. The van der Waals surface area contributed by atoms with Gasteiger partial charge in [0.25, 0.3) is 0 Å². The molecule has 30 heavy (non-hydrogen) atoms. The molecule has 0 aliphatic carbocycles. The predicted molar refractivity (Wildman–Crippen MR) is 124 cm³/mol. The highest BCUT2D eigenvalue weighted by atomic mass is 79.9. The lowest BCUT2D eigenvalue weighted by atomic mass is 10.2. The molecule has 0 radical (unpaired) electrons. The van der Waals surface area contributed by atoms with Crippen molar-refractivity contribution in [1.29, 1.82) is 0 Å². The number of hydrogen-bond donors (Lipinski definition) is 1. The summed E-state index contributed by atoms with van der Waals surface area (Å²) in [6, 6.07) is 13.5. The van der Waals surface area contributed by atoms with Crippen molar-refractivity contribution in [2.24, 2.45) is 15.9 Å². The van der Waals surface area contributed by atoms with Gasteiger partial charge in [-0.2, -0.15) is 5.10 Å². The molecule has 0 atom stereocenters. The lowest BCUT2D eigenvalue weighted by Gasteiger charge is -2.14. The number of benzene rings is 2. The summed E-state index contributed by atoms with van der Waals surface area (Å²) >= 11 is 4.86. The molecule has 0 aliphatic rings. The standard InChI is InChI=1S/C21H24BrN3O4S/c1-3-27-18-11-16(10-17(22)20(18)29-13-19(26)28-4-2)12-24-25-21(23)30-14-15-8-6-5-7-9-15/h5-12H,3-4,13-14H2,1-2H3,(H2,23,25). The maximum absolute atomic E-state index is 11.6. The van der Waals surface area contributed by atoms with Crippen molar-refractivity contribution in [2.45, 2.75) is 19.6 Å². The van der Waals surface area contributed by atoms with Crippen LogP contribution in [0, 0.1) is 0 Å². The van der Waals surface area contributed by atoms with E-state index in [2.05, 4.69) is 26.1 Å². The van der Waals surface area contributed by atoms with E-state index in [-0.39, 0.29) is 6.61 Å². The third-order valence-electron chi connectivity index (χ3n) is 3.56. The van der Waals surface area contributed by atoms with Crippen LogP contribution in [0.1, 0.15) is 25.0 Å². The van der Waals surface area contributed by atoms with E-state index in [4.69, 9.17) is 19.9 Å². The van der Waals surface area contributed by atoms with Gasteiger partial charge in [0.05, 0.1) is 23.9 Å². The lowest BCUT2D eigenvalue weighted by Crippen LogP contribution is -2.15. The molecule has 2 N–H and O–H groups in total. The average molecular weight is 494 g/mol. The fourth-order valence-corrected chi connectivity index (χ4v) is 3.50. The zero-order chi connectivity index (χ0) is 21.8. The number of amidine groups is 1. The third-order valence-corrected chi connectivity index (χ3v) is 5.01.